The molecular formula is C19H21F4N3O. The van der Waals surface area contributed by atoms with Crippen LogP contribution in [-0.2, 0) is 12.7 Å². The van der Waals surface area contributed by atoms with Gasteiger partial charge in [0.15, 0.2) is 0 Å². The number of halogens is 4. The lowest BCUT2D eigenvalue weighted by atomic mass is 10.2. The maximum absolute atomic E-state index is 13.1. The zero-order chi connectivity index (χ0) is 20.0. The molecule has 2 rings (SSSR count). The number of amides is 2. The number of likely N-dealkylation sites (N-methyl/N-ethyl adjacent to an activating group) is 1. The van der Waals surface area contributed by atoms with Gasteiger partial charge in [-0.1, -0.05) is 12.1 Å². The number of nitrogens with one attached hydrogen (secondary N) is 1. The lowest BCUT2D eigenvalue weighted by Crippen LogP contribution is -2.39. The van der Waals surface area contributed by atoms with Crippen molar-refractivity contribution in [1.82, 2.24) is 9.80 Å². The molecule has 0 saturated carbocycles. The van der Waals surface area contributed by atoms with E-state index in [2.05, 4.69) is 5.32 Å². The maximum atomic E-state index is 13.1. The van der Waals surface area contributed by atoms with E-state index in [1.54, 1.807) is 12.1 Å². The summed E-state index contributed by atoms with van der Waals surface area (Å²) in [4.78, 5) is 16.0. The van der Waals surface area contributed by atoms with Crippen molar-refractivity contribution in [3.05, 3.63) is 65.5 Å². The van der Waals surface area contributed by atoms with Crippen LogP contribution in [0.4, 0.5) is 28.0 Å². The highest BCUT2D eigenvalue weighted by atomic mass is 19.4. The predicted octanol–water partition coefficient (Wildman–Crippen LogP) is 4.44. The molecule has 0 aliphatic heterocycles. The van der Waals surface area contributed by atoms with Crippen LogP contribution in [-0.4, -0.2) is 43.0 Å². The Kier molecular flexibility index (Phi) is 6.79. The second-order valence-electron chi connectivity index (χ2n) is 6.36. The van der Waals surface area contributed by atoms with Gasteiger partial charge in [0.2, 0.25) is 0 Å². The Morgan fingerprint density at radius 1 is 0.963 bits per heavy atom. The van der Waals surface area contributed by atoms with Crippen molar-refractivity contribution in [3.63, 3.8) is 0 Å². The van der Waals surface area contributed by atoms with E-state index in [4.69, 9.17) is 0 Å². The summed E-state index contributed by atoms with van der Waals surface area (Å²) in [7, 11) is 3.73. The van der Waals surface area contributed by atoms with Crippen LogP contribution in [0.1, 0.15) is 11.1 Å². The summed E-state index contributed by atoms with van der Waals surface area (Å²) in [5.41, 5.74) is 0.232. The van der Waals surface area contributed by atoms with Gasteiger partial charge in [0, 0.05) is 25.3 Å². The van der Waals surface area contributed by atoms with Crippen LogP contribution >= 0.6 is 0 Å². The van der Waals surface area contributed by atoms with E-state index in [9.17, 15) is 22.4 Å². The van der Waals surface area contributed by atoms with Gasteiger partial charge in [-0.25, -0.2) is 9.18 Å². The van der Waals surface area contributed by atoms with E-state index in [0.717, 1.165) is 17.7 Å². The molecule has 4 nitrogen and oxygen atoms in total. The summed E-state index contributed by atoms with van der Waals surface area (Å²) in [5.74, 6) is -0.368. The maximum Gasteiger partial charge on any atom is 0.416 e. The Morgan fingerprint density at radius 2 is 1.56 bits per heavy atom. The van der Waals surface area contributed by atoms with Gasteiger partial charge in [-0.15, -0.1) is 0 Å². The number of carbonyl (C=O) groups excluding carboxylic acids is 1. The van der Waals surface area contributed by atoms with Gasteiger partial charge < -0.3 is 15.1 Å². The summed E-state index contributed by atoms with van der Waals surface area (Å²) in [6.07, 6.45) is -4.43. The Bertz CT molecular complexity index is 743. The molecule has 0 aromatic heterocycles. The SMILES string of the molecule is CN(C)CCN(Cc1ccc(F)cc1)C(=O)Nc1ccc(C(F)(F)F)cc1. The minimum absolute atomic E-state index is 0.251. The van der Waals surface area contributed by atoms with E-state index in [1.165, 1.54) is 29.2 Å². The smallest absolute Gasteiger partial charge is 0.319 e. The van der Waals surface area contributed by atoms with Gasteiger partial charge in [-0.05, 0) is 56.1 Å². The minimum Gasteiger partial charge on any atom is -0.319 e. The minimum atomic E-state index is -4.43. The van der Waals surface area contributed by atoms with Gasteiger partial charge in [-0.2, -0.15) is 13.2 Å². The molecule has 146 valence electrons. The van der Waals surface area contributed by atoms with E-state index in [1.807, 2.05) is 19.0 Å². The first-order valence-corrected chi connectivity index (χ1v) is 8.27. The van der Waals surface area contributed by atoms with Crippen LogP contribution in [0.25, 0.3) is 0 Å². The van der Waals surface area contributed by atoms with Gasteiger partial charge in [0.1, 0.15) is 5.82 Å². The molecule has 0 aliphatic rings. The number of hydrogen-bond acceptors (Lipinski definition) is 2. The Labute approximate surface area is 155 Å². The van der Waals surface area contributed by atoms with Crippen LogP contribution in [0.2, 0.25) is 0 Å². The molecule has 2 amide bonds. The average Bonchev–Trinajstić information content (AvgIpc) is 2.59. The first-order chi connectivity index (χ1) is 12.6. The molecule has 0 fully saturated rings. The highest BCUT2D eigenvalue weighted by Crippen LogP contribution is 2.29. The zero-order valence-corrected chi connectivity index (χ0v) is 15.1. The summed E-state index contributed by atoms with van der Waals surface area (Å²) in [5, 5.41) is 2.60. The van der Waals surface area contributed by atoms with Crippen molar-refractivity contribution < 1.29 is 22.4 Å². The lowest BCUT2D eigenvalue weighted by Gasteiger charge is -2.25. The molecule has 0 bridgehead atoms. The Morgan fingerprint density at radius 3 is 2.07 bits per heavy atom. The number of hydrogen-bond donors (Lipinski definition) is 1. The van der Waals surface area contributed by atoms with Crippen molar-refractivity contribution >= 4 is 11.7 Å². The molecule has 0 radical (unpaired) electrons. The van der Waals surface area contributed by atoms with Gasteiger partial charge in [-0.3, -0.25) is 0 Å². The molecule has 8 heteroatoms. The molecule has 0 atom stereocenters. The molecule has 2 aromatic carbocycles. The van der Waals surface area contributed by atoms with Crippen LogP contribution in [0.5, 0.6) is 0 Å². The second kappa shape index (κ2) is 8.85. The van der Waals surface area contributed by atoms with E-state index in [-0.39, 0.29) is 18.0 Å². The molecule has 0 heterocycles. The standard InChI is InChI=1S/C19H21F4N3O/c1-25(2)11-12-26(13-14-3-7-16(20)8-4-14)18(27)24-17-9-5-15(6-10-17)19(21,22)23/h3-10H,11-13H2,1-2H3,(H,24,27). The molecule has 27 heavy (non-hydrogen) atoms. The first-order valence-electron chi connectivity index (χ1n) is 8.27. The molecular weight excluding hydrogens is 362 g/mol. The Hall–Kier alpha value is -2.61. The fourth-order valence-electron chi connectivity index (χ4n) is 2.33. The van der Waals surface area contributed by atoms with Crippen LogP contribution in [0.3, 0.4) is 0 Å². The third-order valence-electron chi connectivity index (χ3n) is 3.85. The van der Waals surface area contributed by atoms with Crippen molar-refractivity contribution in [2.75, 3.05) is 32.5 Å². The quantitative estimate of drug-likeness (QED) is 0.749. The third-order valence-corrected chi connectivity index (χ3v) is 3.85. The number of urea groups is 1. The highest BCUT2D eigenvalue weighted by molar-refractivity contribution is 5.89. The third kappa shape index (κ3) is 6.56. The zero-order valence-electron chi connectivity index (χ0n) is 15.1. The summed E-state index contributed by atoms with van der Waals surface area (Å²) in [6.45, 7) is 1.25. The number of alkyl halides is 3. The fourth-order valence-corrected chi connectivity index (χ4v) is 2.33. The molecule has 0 spiro atoms. The van der Waals surface area contributed by atoms with E-state index in [0.29, 0.717) is 13.1 Å². The van der Waals surface area contributed by atoms with Gasteiger partial charge >= 0.3 is 12.2 Å². The average molecular weight is 383 g/mol. The van der Waals surface area contributed by atoms with Crippen molar-refractivity contribution in [3.8, 4) is 0 Å². The number of rotatable bonds is 6. The van der Waals surface area contributed by atoms with Crippen molar-refractivity contribution in [1.29, 1.82) is 0 Å². The summed E-state index contributed by atoms with van der Waals surface area (Å²) in [6, 6.07) is 9.61. The van der Waals surface area contributed by atoms with Gasteiger partial charge in [0.05, 0.1) is 5.56 Å². The molecule has 0 saturated heterocycles. The normalized spacial score (nSPS) is 11.5. The molecule has 0 unspecified atom stereocenters. The van der Waals surface area contributed by atoms with Crippen molar-refractivity contribution in [2.45, 2.75) is 12.7 Å². The number of nitrogens with zero attached hydrogens (tertiary/aromatic N) is 2. The molecule has 2 aromatic rings. The molecule has 1 N–H and O–H groups in total. The monoisotopic (exact) mass is 383 g/mol. The predicted molar refractivity (Wildman–Crippen MR) is 95.8 cm³/mol. The summed E-state index contributed by atoms with van der Waals surface area (Å²) < 4.78 is 51.0. The number of anilines is 1. The molecule has 0 aliphatic carbocycles. The van der Waals surface area contributed by atoms with Crippen LogP contribution < -0.4 is 5.32 Å². The summed E-state index contributed by atoms with van der Waals surface area (Å²) >= 11 is 0. The van der Waals surface area contributed by atoms with Crippen LogP contribution in [0.15, 0.2) is 48.5 Å². The lowest BCUT2D eigenvalue weighted by molar-refractivity contribution is -0.137. The largest absolute Gasteiger partial charge is 0.416 e. The van der Waals surface area contributed by atoms with Crippen LogP contribution in [0, 0.1) is 5.82 Å². The van der Waals surface area contributed by atoms with E-state index < -0.39 is 17.8 Å². The Balaban J connectivity index is 2.09. The van der Waals surface area contributed by atoms with Gasteiger partial charge in [0.25, 0.3) is 0 Å². The topological polar surface area (TPSA) is 35.6 Å². The van der Waals surface area contributed by atoms with E-state index >= 15 is 0 Å². The number of carbonyl (C=O) groups is 1. The number of benzene rings is 2. The van der Waals surface area contributed by atoms with Crippen molar-refractivity contribution in [2.24, 2.45) is 0 Å². The second-order valence-corrected chi connectivity index (χ2v) is 6.36. The fraction of sp³-hybridized carbons (Fsp3) is 0.316. The highest BCUT2D eigenvalue weighted by Gasteiger charge is 2.30. The first kappa shape index (κ1) is 20.7.